The van der Waals surface area contributed by atoms with Crippen molar-refractivity contribution in [1.29, 1.82) is 0 Å². The van der Waals surface area contributed by atoms with Crippen molar-refractivity contribution in [3.63, 3.8) is 0 Å². The van der Waals surface area contributed by atoms with Crippen LogP contribution in [0, 0.1) is 5.41 Å². The number of carbonyl (C=O) groups is 4. The van der Waals surface area contributed by atoms with Gasteiger partial charge < -0.3 is 29.2 Å². The molecular weight excluding hydrogens is 400 g/mol. The third kappa shape index (κ3) is 7.42. The fraction of sp³-hybridized carbons (Fsp3) is 0.700. The molecule has 0 spiro atoms. The lowest BCUT2D eigenvalue weighted by Gasteiger charge is -2.23. The number of hydrogen-bond acceptors (Lipinski definition) is 8. The van der Waals surface area contributed by atoms with Gasteiger partial charge >= 0.3 is 23.9 Å². The molecule has 2 aliphatic heterocycles. The Bertz CT molecular complexity index is 701. The van der Waals surface area contributed by atoms with Crippen molar-refractivity contribution in [2.45, 2.75) is 85.1 Å². The first-order valence-corrected chi connectivity index (χ1v) is 9.48. The van der Waals surface area contributed by atoms with E-state index in [-0.39, 0.29) is 24.7 Å². The van der Waals surface area contributed by atoms with Crippen molar-refractivity contribution in [3.8, 4) is 0 Å². The van der Waals surface area contributed by atoms with Crippen LogP contribution < -0.4 is 0 Å². The van der Waals surface area contributed by atoms with E-state index in [1.807, 2.05) is 34.6 Å². The first-order chi connectivity index (χ1) is 13.7. The van der Waals surface area contributed by atoms with Gasteiger partial charge in [-0.05, 0) is 20.8 Å². The van der Waals surface area contributed by atoms with E-state index in [1.165, 1.54) is 0 Å². The molecule has 2 N–H and O–H groups in total. The molecule has 0 aromatic carbocycles. The third-order valence-electron chi connectivity index (χ3n) is 4.15. The Hall–Kier alpha value is -2.46. The summed E-state index contributed by atoms with van der Waals surface area (Å²) in [5.41, 5.74) is -0.688. The first kappa shape index (κ1) is 25.6. The molecule has 0 aliphatic carbocycles. The largest absolute Gasteiger partial charge is 0.481 e. The molecule has 0 saturated carbocycles. The van der Waals surface area contributed by atoms with Gasteiger partial charge in [-0.3, -0.25) is 9.59 Å². The van der Waals surface area contributed by atoms with Crippen molar-refractivity contribution >= 4 is 23.9 Å². The average molecular weight is 430 g/mol. The predicted molar refractivity (Wildman–Crippen MR) is 102 cm³/mol. The van der Waals surface area contributed by atoms with Gasteiger partial charge in [0.1, 0.15) is 0 Å². The zero-order chi connectivity index (χ0) is 23.3. The minimum Gasteiger partial charge on any atom is -0.481 e. The maximum absolute atomic E-state index is 11.6. The molecule has 4 atom stereocenters. The molecule has 0 bridgehead atoms. The van der Waals surface area contributed by atoms with Crippen molar-refractivity contribution in [2.24, 2.45) is 5.41 Å². The van der Waals surface area contributed by atoms with Crippen LogP contribution in [0.1, 0.15) is 60.8 Å². The van der Waals surface area contributed by atoms with Crippen LogP contribution >= 0.6 is 0 Å². The van der Waals surface area contributed by atoms with Gasteiger partial charge in [-0.1, -0.05) is 32.4 Å². The second-order valence-electron chi connectivity index (χ2n) is 8.50. The molecule has 0 aromatic heterocycles. The Balaban J connectivity index is 0.000000303. The minimum absolute atomic E-state index is 0.227. The zero-order valence-corrected chi connectivity index (χ0v) is 18.1. The van der Waals surface area contributed by atoms with Crippen LogP contribution in [-0.4, -0.2) is 58.4 Å². The van der Waals surface area contributed by atoms with Gasteiger partial charge in [0.15, 0.2) is 11.7 Å². The number of carboxylic acid groups (broad SMARTS) is 2. The van der Waals surface area contributed by atoms with Crippen molar-refractivity contribution in [3.05, 3.63) is 11.6 Å². The highest BCUT2D eigenvalue weighted by Crippen LogP contribution is 2.32. The highest BCUT2D eigenvalue weighted by molar-refractivity contribution is 5.86. The smallest absolute Gasteiger partial charge is 0.341 e. The van der Waals surface area contributed by atoms with Crippen LogP contribution in [0.3, 0.4) is 0 Å². The zero-order valence-electron chi connectivity index (χ0n) is 18.1. The molecule has 170 valence electrons. The van der Waals surface area contributed by atoms with Gasteiger partial charge in [-0.15, -0.1) is 0 Å². The number of ether oxygens (including phenoxy) is 4. The number of cyclic esters (lactones) is 2. The highest BCUT2D eigenvalue weighted by Gasteiger charge is 2.50. The van der Waals surface area contributed by atoms with E-state index >= 15 is 0 Å². The van der Waals surface area contributed by atoms with Crippen LogP contribution in [0.15, 0.2) is 11.6 Å². The Kier molecular flexibility index (Phi) is 8.55. The standard InChI is InChI=1S/C11H16O5.C9H14O5/c1-7(2)4-5-11(6-9(12)13)10(14)15-8(3)16-11;1-9(2,3)8-13-5(4-6(10)11)7(12)14-8/h4,8H,5-6H2,1-3H3,(H,12,13);5,8H,4H2,1-3H3,(H,10,11)/t8-,11?;5-,8-/m01/s1. The number of carboxylic acids is 2. The molecule has 2 fully saturated rings. The van der Waals surface area contributed by atoms with Gasteiger partial charge in [-0.2, -0.15) is 0 Å². The number of esters is 2. The topological polar surface area (TPSA) is 146 Å². The summed E-state index contributed by atoms with van der Waals surface area (Å²) in [6, 6.07) is 0. The van der Waals surface area contributed by atoms with E-state index in [2.05, 4.69) is 0 Å². The number of hydrogen-bond donors (Lipinski definition) is 2. The molecule has 2 aliphatic rings. The van der Waals surface area contributed by atoms with Crippen LogP contribution in [0.2, 0.25) is 0 Å². The normalized spacial score (nSPS) is 28.1. The van der Waals surface area contributed by atoms with Gasteiger partial charge in [0.05, 0.1) is 12.8 Å². The average Bonchev–Trinajstić information content (AvgIpc) is 3.05. The highest BCUT2D eigenvalue weighted by atomic mass is 16.8. The third-order valence-corrected chi connectivity index (χ3v) is 4.15. The summed E-state index contributed by atoms with van der Waals surface area (Å²) in [4.78, 5) is 43.9. The summed E-state index contributed by atoms with van der Waals surface area (Å²) in [6.45, 7) is 10.9. The van der Waals surface area contributed by atoms with Gasteiger partial charge in [0.25, 0.3) is 0 Å². The lowest BCUT2D eigenvalue weighted by molar-refractivity contribution is -0.154. The fourth-order valence-electron chi connectivity index (χ4n) is 2.66. The Morgan fingerprint density at radius 3 is 2.07 bits per heavy atom. The van der Waals surface area contributed by atoms with E-state index in [1.54, 1.807) is 13.0 Å². The SMILES string of the molecule is CC(C)(C)[C@H]1OC(=O)[C@@H](CC(=O)O)O1.CC(C)=CCC1(CC(=O)O)O[C@@H](C)OC1=O. The van der Waals surface area contributed by atoms with Gasteiger partial charge in [-0.25, -0.2) is 9.59 Å². The molecule has 0 aromatic rings. The van der Waals surface area contributed by atoms with E-state index in [0.29, 0.717) is 0 Å². The van der Waals surface area contributed by atoms with Crippen LogP contribution in [0.5, 0.6) is 0 Å². The molecule has 10 heteroatoms. The molecule has 0 amide bonds. The van der Waals surface area contributed by atoms with E-state index in [9.17, 15) is 19.2 Å². The molecule has 0 radical (unpaired) electrons. The van der Waals surface area contributed by atoms with Crippen molar-refractivity contribution < 1.29 is 48.3 Å². The maximum atomic E-state index is 11.6. The molecule has 2 rings (SSSR count). The second kappa shape index (κ2) is 10.0. The summed E-state index contributed by atoms with van der Waals surface area (Å²) in [5, 5.41) is 17.3. The monoisotopic (exact) mass is 430 g/mol. The lowest BCUT2D eigenvalue weighted by atomic mass is 9.94. The fourth-order valence-corrected chi connectivity index (χ4v) is 2.66. The lowest BCUT2D eigenvalue weighted by Crippen LogP contribution is -2.38. The quantitative estimate of drug-likeness (QED) is 0.475. The Morgan fingerprint density at radius 2 is 1.70 bits per heavy atom. The van der Waals surface area contributed by atoms with Crippen LogP contribution in [-0.2, 0) is 38.1 Å². The summed E-state index contributed by atoms with van der Waals surface area (Å²) in [6.07, 6.45) is -1.01. The molecule has 30 heavy (non-hydrogen) atoms. The maximum Gasteiger partial charge on any atom is 0.341 e. The van der Waals surface area contributed by atoms with E-state index in [0.717, 1.165) is 5.57 Å². The second-order valence-corrected chi connectivity index (χ2v) is 8.50. The molecule has 2 saturated heterocycles. The summed E-state index contributed by atoms with van der Waals surface area (Å²) < 4.78 is 20.3. The van der Waals surface area contributed by atoms with Gasteiger partial charge in [0.2, 0.25) is 12.6 Å². The van der Waals surface area contributed by atoms with E-state index < -0.39 is 48.2 Å². The van der Waals surface area contributed by atoms with Gasteiger partial charge in [0, 0.05) is 11.8 Å². The van der Waals surface area contributed by atoms with Crippen LogP contribution in [0.25, 0.3) is 0 Å². The van der Waals surface area contributed by atoms with E-state index in [4.69, 9.17) is 29.2 Å². The molecular formula is C20H30O10. The molecule has 1 unspecified atom stereocenters. The number of rotatable bonds is 6. The van der Waals surface area contributed by atoms with Crippen molar-refractivity contribution in [2.75, 3.05) is 0 Å². The summed E-state index contributed by atoms with van der Waals surface area (Å²) >= 11 is 0. The number of aliphatic carboxylic acids is 2. The number of allylic oxidation sites excluding steroid dienone is 1. The summed E-state index contributed by atoms with van der Waals surface area (Å²) in [7, 11) is 0. The first-order valence-electron chi connectivity index (χ1n) is 9.48. The van der Waals surface area contributed by atoms with Crippen molar-refractivity contribution in [1.82, 2.24) is 0 Å². The Labute approximate surface area is 175 Å². The predicted octanol–water partition coefficient (Wildman–Crippen LogP) is 2.25. The number of carbonyl (C=O) groups excluding carboxylic acids is 2. The Morgan fingerprint density at radius 1 is 1.10 bits per heavy atom. The van der Waals surface area contributed by atoms with Crippen LogP contribution in [0.4, 0.5) is 0 Å². The minimum atomic E-state index is -1.36. The molecule has 2 heterocycles. The summed E-state index contributed by atoms with van der Waals surface area (Å²) in [5.74, 6) is -3.33. The molecule has 10 nitrogen and oxygen atoms in total.